The van der Waals surface area contributed by atoms with E-state index in [1.54, 1.807) is 10.9 Å². The second kappa shape index (κ2) is 14.2. The number of halogens is 2. The summed E-state index contributed by atoms with van der Waals surface area (Å²) in [5.74, 6) is -1.31. The monoisotopic (exact) mass is 623 g/mol. The van der Waals surface area contributed by atoms with Crippen LogP contribution in [0.3, 0.4) is 0 Å². The van der Waals surface area contributed by atoms with E-state index in [2.05, 4.69) is 10.3 Å². The van der Waals surface area contributed by atoms with Gasteiger partial charge in [-0.15, -0.1) is 0 Å². The zero-order valence-corrected chi connectivity index (χ0v) is 24.7. The number of carboxylic acids is 1. The Morgan fingerprint density at radius 3 is 2.37 bits per heavy atom. The molecule has 9 nitrogen and oxygen atoms in total. The molecule has 3 atom stereocenters. The average Bonchev–Trinajstić information content (AvgIpc) is 3.35. The molecule has 2 heterocycles. The van der Waals surface area contributed by atoms with Crippen LogP contribution in [0, 0.1) is 0 Å². The van der Waals surface area contributed by atoms with E-state index in [1.807, 2.05) is 72.8 Å². The van der Waals surface area contributed by atoms with E-state index in [0.717, 1.165) is 33.4 Å². The summed E-state index contributed by atoms with van der Waals surface area (Å²) in [6.07, 6.45) is 0.684. The molecule has 4 aromatic rings. The van der Waals surface area contributed by atoms with Gasteiger partial charge in [-0.2, -0.15) is 0 Å². The molecule has 1 aromatic heterocycles. The summed E-state index contributed by atoms with van der Waals surface area (Å²) in [6.45, 7) is 0.689. The largest absolute Gasteiger partial charge is 0.481 e. The van der Waals surface area contributed by atoms with Gasteiger partial charge in [0.05, 0.1) is 38.1 Å². The lowest BCUT2D eigenvalue weighted by Gasteiger charge is -2.36. The quantitative estimate of drug-likeness (QED) is 0.185. The molecule has 0 radical (unpaired) electrons. The van der Waals surface area contributed by atoms with E-state index >= 15 is 0 Å². The van der Waals surface area contributed by atoms with Crippen molar-refractivity contribution in [3.8, 4) is 11.1 Å². The van der Waals surface area contributed by atoms with E-state index in [9.17, 15) is 14.7 Å². The molecule has 0 spiro atoms. The third-order valence-corrected chi connectivity index (χ3v) is 7.99. The molecular formula is C32H31Cl2N3O6. The molecule has 0 saturated carbocycles. The topological polar surface area (TPSA) is 123 Å². The third kappa shape index (κ3) is 8.01. The smallest absolute Gasteiger partial charge is 0.303 e. The van der Waals surface area contributed by atoms with Crippen molar-refractivity contribution in [1.82, 2.24) is 14.9 Å². The van der Waals surface area contributed by atoms with Crippen molar-refractivity contribution in [3.05, 3.63) is 112 Å². The SMILES string of the molecule is O=C(O)CCC(=O)NCc1cccc(-c2cccc([C@@H]3O[C@H](Cn4cnc(Cl)c4Cl)C[C@H](c4ccc(CO)cc4)O3)c2)c1. The Kier molecular flexibility index (Phi) is 10.1. The highest BCUT2D eigenvalue weighted by Crippen LogP contribution is 2.39. The van der Waals surface area contributed by atoms with Crippen LogP contribution in [0.1, 0.15) is 53.9 Å². The first-order valence-corrected chi connectivity index (χ1v) is 14.6. The summed E-state index contributed by atoms with van der Waals surface area (Å²) in [6, 6.07) is 23.4. The summed E-state index contributed by atoms with van der Waals surface area (Å²) in [7, 11) is 0. The van der Waals surface area contributed by atoms with Crippen molar-refractivity contribution in [1.29, 1.82) is 0 Å². The van der Waals surface area contributed by atoms with Crippen LogP contribution in [0.25, 0.3) is 11.1 Å². The number of ether oxygens (including phenoxy) is 2. The highest BCUT2D eigenvalue weighted by Gasteiger charge is 2.33. The average molecular weight is 625 g/mol. The first-order chi connectivity index (χ1) is 20.8. The molecule has 11 heteroatoms. The number of hydrogen-bond acceptors (Lipinski definition) is 6. The van der Waals surface area contributed by atoms with Gasteiger partial charge >= 0.3 is 5.97 Å². The van der Waals surface area contributed by atoms with Crippen LogP contribution in [0.2, 0.25) is 10.3 Å². The summed E-state index contributed by atoms with van der Waals surface area (Å²) in [5.41, 5.74) is 5.40. The number of aliphatic hydroxyl groups excluding tert-OH is 1. The second-order valence-corrected chi connectivity index (χ2v) is 11.0. The van der Waals surface area contributed by atoms with Crippen molar-refractivity contribution < 1.29 is 29.3 Å². The van der Waals surface area contributed by atoms with Crippen LogP contribution < -0.4 is 5.32 Å². The molecule has 5 rings (SSSR count). The van der Waals surface area contributed by atoms with Gasteiger partial charge in [0.1, 0.15) is 5.15 Å². The highest BCUT2D eigenvalue weighted by atomic mass is 35.5. The first-order valence-electron chi connectivity index (χ1n) is 13.8. The number of nitrogens with zero attached hydrogens (tertiary/aromatic N) is 2. The predicted molar refractivity (Wildman–Crippen MR) is 161 cm³/mol. The molecule has 224 valence electrons. The lowest BCUT2D eigenvalue weighted by Crippen LogP contribution is -2.32. The third-order valence-electron chi connectivity index (χ3n) is 7.22. The first kappa shape index (κ1) is 30.7. The van der Waals surface area contributed by atoms with Gasteiger partial charge in [-0.05, 0) is 39.9 Å². The molecule has 1 fully saturated rings. The van der Waals surface area contributed by atoms with E-state index < -0.39 is 12.3 Å². The number of rotatable bonds is 11. The Bertz CT molecular complexity index is 1580. The van der Waals surface area contributed by atoms with Crippen molar-refractivity contribution in [2.24, 2.45) is 0 Å². The maximum Gasteiger partial charge on any atom is 0.303 e. The molecule has 3 N–H and O–H groups in total. The zero-order valence-electron chi connectivity index (χ0n) is 23.2. The van der Waals surface area contributed by atoms with Crippen LogP contribution in [0.4, 0.5) is 0 Å². The highest BCUT2D eigenvalue weighted by molar-refractivity contribution is 6.40. The predicted octanol–water partition coefficient (Wildman–Crippen LogP) is 6.08. The van der Waals surface area contributed by atoms with Gasteiger partial charge < -0.3 is 29.6 Å². The molecule has 43 heavy (non-hydrogen) atoms. The fourth-order valence-corrected chi connectivity index (χ4v) is 5.27. The van der Waals surface area contributed by atoms with E-state index in [1.165, 1.54) is 0 Å². The number of carboxylic acid groups (broad SMARTS) is 1. The molecular weight excluding hydrogens is 593 g/mol. The lowest BCUT2D eigenvalue weighted by molar-refractivity contribution is -0.252. The van der Waals surface area contributed by atoms with Crippen LogP contribution in [0.5, 0.6) is 0 Å². The number of aromatic nitrogens is 2. The number of amides is 1. The number of hydrogen-bond donors (Lipinski definition) is 3. The zero-order chi connectivity index (χ0) is 30.3. The fraction of sp³-hybridized carbons (Fsp3) is 0.281. The molecule has 1 saturated heterocycles. The number of nitrogens with one attached hydrogen (secondary N) is 1. The molecule has 1 aliphatic heterocycles. The van der Waals surface area contributed by atoms with Gasteiger partial charge in [-0.25, -0.2) is 4.98 Å². The number of aliphatic carboxylic acids is 1. The van der Waals surface area contributed by atoms with Crippen molar-refractivity contribution in [2.45, 2.75) is 57.5 Å². The normalized spacial score (nSPS) is 18.3. The van der Waals surface area contributed by atoms with Crippen LogP contribution in [-0.4, -0.2) is 37.7 Å². The lowest BCUT2D eigenvalue weighted by atomic mass is 9.98. The Morgan fingerprint density at radius 1 is 0.930 bits per heavy atom. The Balaban J connectivity index is 1.36. The Morgan fingerprint density at radius 2 is 1.67 bits per heavy atom. The number of carbonyl (C=O) groups is 2. The molecule has 1 amide bonds. The van der Waals surface area contributed by atoms with Gasteiger partial charge in [-0.1, -0.05) is 83.9 Å². The van der Waals surface area contributed by atoms with Crippen molar-refractivity contribution >= 4 is 35.1 Å². The molecule has 0 aliphatic carbocycles. The number of carbonyl (C=O) groups excluding carboxylic acids is 1. The van der Waals surface area contributed by atoms with Gasteiger partial charge in [0.15, 0.2) is 11.4 Å². The Hall–Kier alpha value is -3.73. The molecule has 3 aromatic carbocycles. The molecule has 0 bridgehead atoms. The second-order valence-electron chi connectivity index (χ2n) is 10.3. The minimum Gasteiger partial charge on any atom is -0.481 e. The standard InChI is InChI=1S/C32H31Cl2N3O6/c33-30-31(34)37(19-36-30)17-26-15-27(22-9-7-20(18-38)8-10-22)43-32(42-26)25-6-2-5-24(14-25)23-4-1-3-21(13-23)16-35-28(39)11-12-29(40)41/h1-10,13-14,19,26-27,32,38H,11-12,15-18H2,(H,35,39)(H,40,41)/t26-,27+,32+/m0/s1. The minimum atomic E-state index is -1.00. The van der Waals surface area contributed by atoms with Gasteiger partial charge in [0.25, 0.3) is 0 Å². The number of aliphatic hydroxyl groups is 1. The van der Waals surface area contributed by atoms with Gasteiger partial charge in [0.2, 0.25) is 5.91 Å². The van der Waals surface area contributed by atoms with Gasteiger partial charge in [-0.3, -0.25) is 9.59 Å². The van der Waals surface area contributed by atoms with E-state index in [0.29, 0.717) is 24.7 Å². The summed E-state index contributed by atoms with van der Waals surface area (Å²) in [5, 5.41) is 21.6. The minimum absolute atomic E-state index is 0.0366. The maximum absolute atomic E-state index is 12.0. The van der Waals surface area contributed by atoms with Crippen LogP contribution >= 0.6 is 23.2 Å². The van der Waals surface area contributed by atoms with E-state index in [-0.39, 0.29) is 42.7 Å². The summed E-state index contributed by atoms with van der Waals surface area (Å²) < 4.78 is 14.7. The van der Waals surface area contributed by atoms with Crippen molar-refractivity contribution in [3.63, 3.8) is 0 Å². The van der Waals surface area contributed by atoms with Crippen LogP contribution in [0.15, 0.2) is 79.1 Å². The van der Waals surface area contributed by atoms with Crippen LogP contribution in [-0.2, 0) is 38.8 Å². The fourth-order valence-electron chi connectivity index (χ4n) is 4.96. The molecule has 0 unspecified atom stereocenters. The van der Waals surface area contributed by atoms with Crippen molar-refractivity contribution in [2.75, 3.05) is 0 Å². The number of benzene rings is 3. The summed E-state index contributed by atoms with van der Waals surface area (Å²) >= 11 is 12.4. The maximum atomic E-state index is 12.0. The number of imidazole rings is 1. The van der Waals surface area contributed by atoms with Gasteiger partial charge in [0, 0.05) is 24.9 Å². The summed E-state index contributed by atoms with van der Waals surface area (Å²) in [4.78, 5) is 26.8. The molecule has 1 aliphatic rings. The van der Waals surface area contributed by atoms with E-state index in [4.69, 9.17) is 37.8 Å². The Labute approximate surface area is 259 Å².